The number of carbonyl (C=O) groups excluding carboxylic acids is 2. The SMILES string of the molecule is O=C(COC(=O)Cc1c(Cl)cccc1Cl)Nc1nc(-c2cccc(Br)c2)cs1. The maximum atomic E-state index is 12.0. The van der Waals surface area contributed by atoms with Crippen molar-refractivity contribution in [1.29, 1.82) is 0 Å². The topological polar surface area (TPSA) is 68.3 Å². The van der Waals surface area contributed by atoms with E-state index in [1.54, 1.807) is 18.2 Å². The monoisotopic (exact) mass is 498 g/mol. The Hall–Kier alpha value is -1.93. The lowest BCUT2D eigenvalue weighted by Gasteiger charge is -2.07. The Balaban J connectivity index is 1.53. The van der Waals surface area contributed by atoms with Crippen molar-refractivity contribution in [2.24, 2.45) is 0 Å². The summed E-state index contributed by atoms with van der Waals surface area (Å²) in [4.78, 5) is 28.3. The third-order valence-corrected chi connectivity index (χ3v) is 5.58. The fourth-order valence-corrected chi connectivity index (χ4v) is 3.98. The second-order valence-electron chi connectivity index (χ2n) is 5.63. The third kappa shape index (κ3) is 5.54. The first-order valence-corrected chi connectivity index (χ1v) is 10.4. The fourth-order valence-electron chi connectivity index (χ4n) is 2.31. The van der Waals surface area contributed by atoms with Crippen LogP contribution in [0.4, 0.5) is 5.13 Å². The van der Waals surface area contributed by atoms with E-state index in [4.69, 9.17) is 27.9 Å². The van der Waals surface area contributed by atoms with E-state index in [2.05, 4.69) is 26.2 Å². The Kier molecular flexibility index (Phi) is 7.07. The second-order valence-corrected chi connectivity index (χ2v) is 8.22. The Bertz CT molecular complexity index is 1010. The molecule has 1 heterocycles. The van der Waals surface area contributed by atoms with E-state index in [0.717, 1.165) is 15.7 Å². The van der Waals surface area contributed by atoms with Crippen LogP contribution in [-0.4, -0.2) is 23.5 Å². The molecule has 0 aliphatic carbocycles. The minimum atomic E-state index is -0.598. The van der Waals surface area contributed by atoms with Crippen molar-refractivity contribution in [2.75, 3.05) is 11.9 Å². The number of hydrogen-bond donors (Lipinski definition) is 1. The number of benzene rings is 2. The van der Waals surface area contributed by atoms with Gasteiger partial charge in [-0.1, -0.05) is 57.3 Å². The van der Waals surface area contributed by atoms with E-state index >= 15 is 0 Å². The molecule has 9 heteroatoms. The number of nitrogens with one attached hydrogen (secondary N) is 1. The van der Waals surface area contributed by atoms with Crippen LogP contribution >= 0.6 is 50.5 Å². The summed E-state index contributed by atoms with van der Waals surface area (Å²) in [5.41, 5.74) is 2.14. The van der Waals surface area contributed by atoms with Gasteiger partial charge in [0, 0.05) is 31.0 Å². The van der Waals surface area contributed by atoms with Crippen LogP contribution in [0.25, 0.3) is 11.3 Å². The van der Waals surface area contributed by atoms with E-state index < -0.39 is 18.5 Å². The summed E-state index contributed by atoms with van der Waals surface area (Å²) in [5.74, 6) is -1.08. The van der Waals surface area contributed by atoms with Crippen LogP contribution in [0.3, 0.4) is 0 Å². The van der Waals surface area contributed by atoms with Crippen LogP contribution in [0, 0.1) is 0 Å². The van der Waals surface area contributed by atoms with E-state index in [0.29, 0.717) is 20.7 Å². The van der Waals surface area contributed by atoms with Crippen molar-refractivity contribution in [3.05, 3.63) is 67.9 Å². The smallest absolute Gasteiger partial charge is 0.310 e. The van der Waals surface area contributed by atoms with Crippen molar-refractivity contribution >= 4 is 67.5 Å². The highest BCUT2D eigenvalue weighted by atomic mass is 79.9. The molecule has 1 amide bonds. The molecule has 28 heavy (non-hydrogen) atoms. The molecule has 2 aromatic carbocycles. The summed E-state index contributed by atoms with van der Waals surface area (Å²) in [6.07, 6.45) is -0.115. The number of nitrogens with zero attached hydrogens (tertiary/aromatic N) is 1. The molecule has 0 fully saturated rings. The lowest BCUT2D eigenvalue weighted by molar-refractivity contribution is -0.146. The first-order chi connectivity index (χ1) is 13.4. The number of amides is 1. The van der Waals surface area contributed by atoms with Crippen molar-refractivity contribution in [2.45, 2.75) is 6.42 Å². The normalized spacial score (nSPS) is 10.5. The van der Waals surface area contributed by atoms with Crippen LogP contribution in [0.15, 0.2) is 52.3 Å². The number of esters is 1. The maximum Gasteiger partial charge on any atom is 0.310 e. The first-order valence-electron chi connectivity index (χ1n) is 8.02. The van der Waals surface area contributed by atoms with Gasteiger partial charge in [0.15, 0.2) is 11.7 Å². The zero-order valence-electron chi connectivity index (χ0n) is 14.2. The highest BCUT2D eigenvalue weighted by Gasteiger charge is 2.14. The van der Waals surface area contributed by atoms with Gasteiger partial charge in [0.2, 0.25) is 0 Å². The third-order valence-electron chi connectivity index (χ3n) is 3.62. The Labute approximate surface area is 183 Å². The highest BCUT2D eigenvalue weighted by molar-refractivity contribution is 9.10. The number of thiazole rings is 1. The molecule has 0 radical (unpaired) electrons. The van der Waals surface area contributed by atoms with Crippen LogP contribution in [0.1, 0.15) is 5.56 Å². The summed E-state index contributed by atoms with van der Waals surface area (Å²) in [7, 11) is 0. The highest BCUT2D eigenvalue weighted by Crippen LogP contribution is 2.27. The van der Waals surface area contributed by atoms with Crippen LogP contribution in [0.2, 0.25) is 10.0 Å². The summed E-state index contributed by atoms with van der Waals surface area (Å²) < 4.78 is 5.94. The van der Waals surface area contributed by atoms with E-state index in [1.807, 2.05) is 29.6 Å². The molecule has 3 rings (SSSR count). The molecule has 0 atom stereocenters. The van der Waals surface area contributed by atoms with Gasteiger partial charge in [-0.2, -0.15) is 0 Å². The molecule has 0 saturated carbocycles. The molecule has 0 bridgehead atoms. The lowest BCUT2D eigenvalue weighted by atomic mass is 10.1. The predicted molar refractivity (Wildman–Crippen MR) is 115 cm³/mol. The van der Waals surface area contributed by atoms with Crippen molar-refractivity contribution in [3.63, 3.8) is 0 Å². The Morgan fingerprint density at radius 3 is 2.57 bits per heavy atom. The number of halogens is 3. The molecule has 5 nitrogen and oxygen atoms in total. The van der Waals surface area contributed by atoms with Gasteiger partial charge < -0.3 is 4.74 Å². The second kappa shape index (κ2) is 9.52. The van der Waals surface area contributed by atoms with Crippen LogP contribution in [0.5, 0.6) is 0 Å². The van der Waals surface area contributed by atoms with Crippen molar-refractivity contribution < 1.29 is 14.3 Å². The zero-order chi connectivity index (χ0) is 20.1. The quantitative estimate of drug-likeness (QED) is 0.448. The lowest BCUT2D eigenvalue weighted by Crippen LogP contribution is -2.21. The number of anilines is 1. The molecule has 0 unspecified atom stereocenters. The summed E-state index contributed by atoms with van der Waals surface area (Å²) >= 11 is 16.7. The Morgan fingerprint density at radius 2 is 1.86 bits per heavy atom. The molecule has 1 aromatic heterocycles. The number of carbonyl (C=O) groups is 2. The largest absolute Gasteiger partial charge is 0.455 e. The number of rotatable bonds is 6. The molecule has 0 spiro atoms. The molecular weight excluding hydrogens is 487 g/mol. The van der Waals surface area contributed by atoms with Crippen LogP contribution < -0.4 is 5.32 Å². The van der Waals surface area contributed by atoms with E-state index in [1.165, 1.54) is 11.3 Å². The molecule has 3 aromatic rings. The van der Waals surface area contributed by atoms with Gasteiger partial charge in [0.05, 0.1) is 12.1 Å². The first kappa shape index (κ1) is 20.8. The summed E-state index contributed by atoms with van der Waals surface area (Å²) in [6.45, 7) is -0.424. The van der Waals surface area contributed by atoms with Gasteiger partial charge in [-0.3, -0.25) is 14.9 Å². The maximum absolute atomic E-state index is 12.0. The number of aromatic nitrogens is 1. The van der Waals surface area contributed by atoms with E-state index in [9.17, 15) is 9.59 Å². The van der Waals surface area contributed by atoms with Gasteiger partial charge >= 0.3 is 5.97 Å². The molecule has 144 valence electrons. The molecule has 1 N–H and O–H groups in total. The summed E-state index contributed by atoms with van der Waals surface area (Å²) in [5, 5.41) is 5.62. The molecule has 0 aliphatic rings. The standard InChI is InChI=1S/C19H13BrCl2N2O3S/c20-12-4-1-3-11(7-12)16-10-28-19(23-16)24-17(25)9-27-18(26)8-13-14(21)5-2-6-15(13)22/h1-7,10H,8-9H2,(H,23,24,25). The minimum Gasteiger partial charge on any atom is -0.455 e. The van der Waals surface area contributed by atoms with E-state index in [-0.39, 0.29) is 6.42 Å². The van der Waals surface area contributed by atoms with Crippen LogP contribution in [-0.2, 0) is 20.7 Å². The molecular formula is C19H13BrCl2N2O3S. The van der Waals surface area contributed by atoms with Gasteiger partial charge in [0.25, 0.3) is 5.91 Å². The summed E-state index contributed by atoms with van der Waals surface area (Å²) in [6, 6.07) is 12.6. The van der Waals surface area contributed by atoms with Gasteiger partial charge in [0.1, 0.15) is 0 Å². The van der Waals surface area contributed by atoms with Gasteiger partial charge in [-0.25, -0.2) is 4.98 Å². The van der Waals surface area contributed by atoms with Crippen molar-refractivity contribution in [3.8, 4) is 11.3 Å². The van der Waals surface area contributed by atoms with Gasteiger partial charge in [-0.15, -0.1) is 11.3 Å². The minimum absolute atomic E-state index is 0.115. The predicted octanol–water partition coefficient (Wildman–Crippen LogP) is 5.60. The average molecular weight is 500 g/mol. The Morgan fingerprint density at radius 1 is 1.14 bits per heavy atom. The number of ether oxygens (including phenoxy) is 1. The molecule has 0 aliphatic heterocycles. The molecule has 0 saturated heterocycles. The average Bonchev–Trinajstić information content (AvgIpc) is 3.12. The fraction of sp³-hybridized carbons (Fsp3) is 0.105. The number of hydrogen-bond acceptors (Lipinski definition) is 5. The van der Waals surface area contributed by atoms with Crippen molar-refractivity contribution in [1.82, 2.24) is 4.98 Å². The zero-order valence-corrected chi connectivity index (χ0v) is 18.2. The van der Waals surface area contributed by atoms with Gasteiger partial charge in [-0.05, 0) is 24.3 Å².